The first kappa shape index (κ1) is 16.0. The zero-order valence-corrected chi connectivity index (χ0v) is 14.5. The van der Waals surface area contributed by atoms with Gasteiger partial charge in [-0.2, -0.15) is 0 Å². The van der Waals surface area contributed by atoms with E-state index in [0.717, 1.165) is 30.4 Å². The Balaban J connectivity index is 1.55. The highest BCUT2D eigenvalue weighted by Crippen LogP contribution is 2.35. The van der Waals surface area contributed by atoms with Crippen LogP contribution in [0.5, 0.6) is 0 Å². The number of hydrogen-bond acceptors (Lipinski definition) is 4. The van der Waals surface area contributed by atoms with Crippen LogP contribution in [0.4, 0.5) is 16.2 Å². The minimum atomic E-state index is -0.259. The SMILES string of the molecule is O=C1SC(=Cc2ccc(N3CCCC3)cc2)C(=O)N1c1ccccc1. The average molecular weight is 350 g/mol. The Kier molecular flexibility index (Phi) is 4.32. The van der Waals surface area contributed by atoms with Crippen LogP contribution in [0.25, 0.3) is 6.08 Å². The molecule has 4 rings (SSSR count). The maximum atomic E-state index is 12.6. The number of benzene rings is 2. The molecule has 0 N–H and O–H groups in total. The first-order valence-electron chi connectivity index (χ1n) is 8.40. The number of carbonyl (C=O) groups excluding carboxylic acids is 2. The third-order valence-electron chi connectivity index (χ3n) is 4.47. The zero-order valence-electron chi connectivity index (χ0n) is 13.7. The Morgan fingerprint density at radius 2 is 1.52 bits per heavy atom. The van der Waals surface area contributed by atoms with Gasteiger partial charge >= 0.3 is 0 Å². The van der Waals surface area contributed by atoms with Gasteiger partial charge in [-0.25, -0.2) is 4.90 Å². The molecule has 0 spiro atoms. The highest BCUT2D eigenvalue weighted by Gasteiger charge is 2.36. The molecular weight excluding hydrogens is 332 g/mol. The van der Waals surface area contributed by atoms with Crippen molar-refractivity contribution in [1.29, 1.82) is 0 Å². The number of carbonyl (C=O) groups is 2. The van der Waals surface area contributed by atoms with Crippen LogP contribution < -0.4 is 9.80 Å². The third-order valence-corrected chi connectivity index (χ3v) is 5.34. The molecule has 0 unspecified atom stereocenters. The van der Waals surface area contributed by atoms with Crippen molar-refractivity contribution in [3.63, 3.8) is 0 Å². The summed E-state index contributed by atoms with van der Waals surface area (Å²) in [7, 11) is 0. The van der Waals surface area contributed by atoms with Crippen LogP contribution in [0.15, 0.2) is 59.5 Å². The molecule has 0 aliphatic carbocycles. The van der Waals surface area contributed by atoms with Gasteiger partial charge in [0.2, 0.25) is 0 Å². The summed E-state index contributed by atoms with van der Waals surface area (Å²) < 4.78 is 0. The van der Waals surface area contributed by atoms with E-state index in [1.54, 1.807) is 18.2 Å². The molecule has 2 heterocycles. The fourth-order valence-corrected chi connectivity index (χ4v) is 4.02. The quantitative estimate of drug-likeness (QED) is 0.763. The molecule has 2 aliphatic rings. The van der Waals surface area contributed by atoms with Gasteiger partial charge in [0, 0.05) is 18.8 Å². The van der Waals surface area contributed by atoms with Crippen molar-refractivity contribution >= 4 is 40.4 Å². The highest BCUT2D eigenvalue weighted by atomic mass is 32.2. The van der Waals surface area contributed by atoms with Gasteiger partial charge in [0.25, 0.3) is 11.1 Å². The van der Waals surface area contributed by atoms with Crippen molar-refractivity contribution in [2.75, 3.05) is 22.9 Å². The molecule has 2 aliphatic heterocycles. The summed E-state index contributed by atoms with van der Waals surface area (Å²) in [6.45, 7) is 2.21. The lowest BCUT2D eigenvalue weighted by Gasteiger charge is -2.17. The Hall–Kier alpha value is -2.53. The molecule has 0 aromatic heterocycles. The normalized spacial score (nSPS) is 19.3. The van der Waals surface area contributed by atoms with Crippen LogP contribution >= 0.6 is 11.8 Å². The number of hydrogen-bond donors (Lipinski definition) is 0. The van der Waals surface area contributed by atoms with E-state index in [2.05, 4.69) is 17.0 Å². The number of amides is 2. The van der Waals surface area contributed by atoms with Gasteiger partial charge in [-0.15, -0.1) is 0 Å². The van der Waals surface area contributed by atoms with E-state index in [-0.39, 0.29) is 11.1 Å². The van der Waals surface area contributed by atoms with Crippen molar-refractivity contribution in [3.05, 3.63) is 65.1 Å². The number of nitrogens with zero attached hydrogens (tertiary/aromatic N) is 2. The van der Waals surface area contributed by atoms with E-state index < -0.39 is 0 Å². The van der Waals surface area contributed by atoms with Gasteiger partial charge in [-0.1, -0.05) is 30.3 Å². The molecule has 4 nitrogen and oxygen atoms in total. The van der Waals surface area contributed by atoms with Gasteiger partial charge in [0.05, 0.1) is 10.6 Å². The molecule has 5 heteroatoms. The molecule has 2 aromatic rings. The van der Waals surface area contributed by atoms with Crippen molar-refractivity contribution in [2.45, 2.75) is 12.8 Å². The maximum absolute atomic E-state index is 12.6. The second kappa shape index (κ2) is 6.76. The van der Waals surface area contributed by atoms with E-state index in [1.807, 2.05) is 30.3 Å². The summed E-state index contributed by atoms with van der Waals surface area (Å²) in [5, 5.41) is -0.254. The van der Waals surface area contributed by atoms with E-state index in [1.165, 1.54) is 23.4 Å². The second-order valence-electron chi connectivity index (χ2n) is 6.14. The molecule has 0 bridgehead atoms. The van der Waals surface area contributed by atoms with Crippen LogP contribution in [0.2, 0.25) is 0 Å². The van der Waals surface area contributed by atoms with Gasteiger partial charge < -0.3 is 4.90 Å². The lowest BCUT2D eigenvalue weighted by Crippen LogP contribution is -2.27. The molecule has 2 fully saturated rings. The molecule has 25 heavy (non-hydrogen) atoms. The van der Waals surface area contributed by atoms with Crippen LogP contribution in [0, 0.1) is 0 Å². The summed E-state index contributed by atoms with van der Waals surface area (Å²) >= 11 is 0.989. The van der Waals surface area contributed by atoms with E-state index in [0.29, 0.717) is 10.6 Å². The van der Waals surface area contributed by atoms with Crippen LogP contribution in [0.1, 0.15) is 18.4 Å². The molecule has 2 amide bonds. The molecule has 2 aromatic carbocycles. The van der Waals surface area contributed by atoms with Crippen LogP contribution in [-0.2, 0) is 4.79 Å². The lowest BCUT2D eigenvalue weighted by molar-refractivity contribution is -0.113. The lowest BCUT2D eigenvalue weighted by atomic mass is 10.1. The first-order valence-corrected chi connectivity index (χ1v) is 9.22. The summed E-state index contributed by atoms with van der Waals surface area (Å²) in [4.78, 5) is 28.9. The number of para-hydroxylation sites is 1. The number of anilines is 2. The summed E-state index contributed by atoms with van der Waals surface area (Å²) in [6, 6.07) is 17.2. The molecule has 0 saturated carbocycles. The summed E-state index contributed by atoms with van der Waals surface area (Å²) in [5.41, 5.74) is 2.76. The van der Waals surface area contributed by atoms with Gasteiger partial charge in [0.1, 0.15) is 0 Å². The largest absolute Gasteiger partial charge is 0.372 e. The van der Waals surface area contributed by atoms with Crippen molar-refractivity contribution in [1.82, 2.24) is 0 Å². The summed E-state index contributed by atoms with van der Waals surface area (Å²) in [5.74, 6) is -0.259. The van der Waals surface area contributed by atoms with Gasteiger partial charge in [-0.05, 0) is 60.5 Å². The van der Waals surface area contributed by atoms with E-state index >= 15 is 0 Å². The Morgan fingerprint density at radius 3 is 2.20 bits per heavy atom. The predicted octanol–water partition coefficient (Wildman–Crippen LogP) is 4.53. The average Bonchev–Trinajstić information content (AvgIpc) is 3.26. The first-order chi connectivity index (χ1) is 12.2. The van der Waals surface area contributed by atoms with Gasteiger partial charge in [0.15, 0.2) is 0 Å². The van der Waals surface area contributed by atoms with Crippen molar-refractivity contribution in [3.8, 4) is 0 Å². The molecule has 0 atom stereocenters. The topological polar surface area (TPSA) is 40.6 Å². The molecule has 2 saturated heterocycles. The van der Waals surface area contributed by atoms with Gasteiger partial charge in [-0.3, -0.25) is 9.59 Å². The third kappa shape index (κ3) is 3.20. The predicted molar refractivity (Wildman–Crippen MR) is 103 cm³/mol. The monoisotopic (exact) mass is 350 g/mol. The minimum absolute atomic E-state index is 0.254. The molecular formula is C20H18N2O2S. The second-order valence-corrected chi connectivity index (χ2v) is 7.13. The Labute approximate surface area is 151 Å². The van der Waals surface area contributed by atoms with Crippen LogP contribution in [0.3, 0.4) is 0 Å². The minimum Gasteiger partial charge on any atom is -0.372 e. The molecule has 0 radical (unpaired) electrons. The highest BCUT2D eigenvalue weighted by molar-refractivity contribution is 8.19. The zero-order chi connectivity index (χ0) is 17.2. The summed E-state index contributed by atoms with van der Waals surface area (Å²) in [6.07, 6.45) is 4.28. The fourth-order valence-electron chi connectivity index (χ4n) is 3.18. The number of rotatable bonds is 3. The van der Waals surface area contributed by atoms with Crippen molar-refractivity contribution < 1.29 is 9.59 Å². The van der Waals surface area contributed by atoms with Crippen LogP contribution in [-0.4, -0.2) is 24.2 Å². The Morgan fingerprint density at radius 1 is 0.840 bits per heavy atom. The standard InChI is InChI=1S/C20H18N2O2S/c23-19-18(25-20(24)22(19)17-6-2-1-3-7-17)14-15-8-10-16(11-9-15)21-12-4-5-13-21/h1-3,6-11,14H,4-5,12-13H2. The Bertz CT molecular complexity index is 825. The molecule has 126 valence electrons. The maximum Gasteiger partial charge on any atom is 0.298 e. The van der Waals surface area contributed by atoms with Crippen molar-refractivity contribution in [2.24, 2.45) is 0 Å². The van der Waals surface area contributed by atoms with E-state index in [4.69, 9.17) is 0 Å². The van der Waals surface area contributed by atoms with E-state index in [9.17, 15) is 9.59 Å². The number of thioether (sulfide) groups is 1. The number of imide groups is 1. The fraction of sp³-hybridized carbons (Fsp3) is 0.200. The smallest absolute Gasteiger partial charge is 0.298 e.